The van der Waals surface area contributed by atoms with Crippen LogP contribution in [0.25, 0.3) is 0 Å². The molecule has 1 aromatic rings. The number of methoxy groups -OCH3 is 2. The van der Waals surface area contributed by atoms with Gasteiger partial charge in [0.2, 0.25) is 5.91 Å². The molecule has 0 saturated heterocycles. The van der Waals surface area contributed by atoms with Gasteiger partial charge in [-0.2, -0.15) is 0 Å². The summed E-state index contributed by atoms with van der Waals surface area (Å²) in [7, 11) is 2.51. The standard InChI is InChI=1S/C13H14BrNO5/c1-19-12(17)6-5-11(16)15-10-4-3-8(14)7-9(10)13(18)20-2/h3-4,7H,5-6H2,1-2H3,(H,15,16). The second kappa shape index (κ2) is 7.64. The SMILES string of the molecule is COC(=O)CCC(=O)Nc1ccc(Br)cc1C(=O)OC. The van der Waals surface area contributed by atoms with Gasteiger partial charge in [-0.25, -0.2) is 4.79 Å². The number of esters is 2. The van der Waals surface area contributed by atoms with Crippen molar-refractivity contribution < 1.29 is 23.9 Å². The predicted octanol–water partition coefficient (Wildman–Crippen LogP) is 2.13. The van der Waals surface area contributed by atoms with E-state index in [2.05, 4.69) is 30.7 Å². The Kier molecular flexibility index (Phi) is 6.17. The highest BCUT2D eigenvalue weighted by atomic mass is 79.9. The van der Waals surface area contributed by atoms with Gasteiger partial charge in [0.25, 0.3) is 0 Å². The Morgan fingerprint density at radius 3 is 2.45 bits per heavy atom. The van der Waals surface area contributed by atoms with Crippen LogP contribution in [0.5, 0.6) is 0 Å². The Morgan fingerprint density at radius 2 is 1.85 bits per heavy atom. The van der Waals surface area contributed by atoms with Crippen molar-refractivity contribution in [2.75, 3.05) is 19.5 Å². The van der Waals surface area contributed by atoms with Crippen LogP contribution in [0.1, 0.15) is 23.2 Å². The maximum absolute atomic E-state index is 11.7. The van der Waals surface area contributed by atoms with Gasteiger partial charge in [0.15, 0.2) is 0 Å². The van der Waals surface area contributed by atoms with E-state index < -0.39 is 11.9 Å². The molecule has 108 valence electrons. The molecule has 1 amide bonds. The summed E-state index contributed by atoms with van der Waals surface area (Å²) < 4.78 is 9.78. The van der Waals surface area contributed by atoms with Crippen LogP contribution in [-0.2, 0) is 19.1 Å². The largest absolute Gasteiger partial charge is 0.469 e. The molecular weight excluding hydrogens is 330 g/mol. The fourth-order valence-corrected chi connectivity index (χ4v) is 1.80. The van der Waals surface area contributed by atoms with Gasteiger partial charge in [0.05, 0.1) is 31.9 Å². The molecule has 6 nitrogen and oxygen atoms in total. The lowest BCUT2D eigenvalue weighted by Crippen LogP contribution is -2.16. The molecule has 20 heavy (non-hydrogen) atoms. The summed E-state index contributed by atoms with van der Waals surface area (Å²) in [6.07, 6.45) is -0.0459. The first kappa shape index (κ1) is 16.2. The molecule has 7 heteroatoms. The number of halogens is 1. The fraction of sp³-hybridized carbons (Fsp3) is 0.308. The van der Waals surface area contributed by atoms with Gasteiger partial charge >= 0.3 is 11.9 Å². The Morgan fingerprint density at radius 1 is 1.15 bits per heavy atom. The van der Waals surface area contributed by atoms with Crippen LogP contribution >= 0.6 is 15.9 Å². The van der Waals surface area contributed by atoms with Crippen molar-refractivity contribution in [3.05, 3.63) is 28.2 Å². The van der Waals surface area contributed by atoms with Crippen LogP contribution in [0.2, 0.25) is 0 Å². The number of amides is 1. The van der Waals surface area contributed by atoms with E-state index >= 15 is 0 Å². The van der Waals surface area contributed by atoms with Crippen molar-refractivity contribution in [1.82, 2.24) is 0 Å². The Balaban J connectivity index is 2.79. The molecule has 0 radical (unpaired) electrons. The van der Waals surface area contributed by atoms with Gasteiger partial charge in [-0.3, -0.25) is 9.59 Å². The summed E-state index contributed by atoms with van der Waals surface area (Å²) in [5.74, 6) is -1.42. The van der Waals surface area contributed by atoms with E-state index in [-0.39, 0.29) is 24.3 Å². The van der Waals surface area contributed by atoms with Crippen LogP contribution in [0, 0.1) is 0 Å². The molecule has 0 aromatic heterocycles. The lowest BCUT2D eigenvalue weighted by Gasteiger charge is -2.10. The molecule has 0 bridgehead atoms. The molecule has 1 rings (SSSR count). The highest BCUT2D eigenvalue weighted by Gasteiger charge is 2.15. The molecule has 0 aliphatic heterocycles. The molecular formula is C13H14BrNO5. The molecule has 0 spiro atoms. The maximum Gasteiger partial charge on any atom is 0.340 e. The minimum Gasteiger partial charge on any atom is -0.469 e. The molecule has 0 aliphatic carbocycles. The topological polar surface area (TPSA) is 81.7 Å². The number of rotatable bonds is 5. The van der Waals surface area contributed by atoms with E-state index in [1.807, 2.05) is 0 Å². The summed E-state index contributed by atoms with van der Waals surface area (Å²) in [4.78, 5) is 34.3. The first-order valence-electron chi connectivity index (χ1n) is 5.72. The number of hydrogen-bond acceptors (Lipinski definition) is 5. The minimum absolute atomic E-state index is 0.0214. The number of ether oxygens (including phenoxy) is 2. The molecule has 1 aromatic carbocycles. The highest BCUT2D eigenvalue weighted by molar-refractivity contribution is 9.10. The zero-order chi connectivity index (χ0) is 15.1. The average Bonchev–Trinajstić information content (AvgIpc) is 2.45. The zero-order valence-corrected chi connectivity index (χ0v) is 12.7. The normalized spacial score (nSPS) is 9.75. The Bertz CT molecular complexity index is 529. The summed E-state index contributed by atoms with van der Waals surface area (Å²) in [6.45, 7) is 0. The monoisotopic (exact) mass is 343 g/mol. The zero-order valence-electron chi connectivity index (χ0n) is 11.1. The Hall–Kier alpha value is -1.89. The summed E-state index contributed by atoms with van der Waals surface area (Å²) in [5.41, 5.74) is 0.559. The van der Waals surface area contributed by atoms with Crippen molar-refractivity contribution in [2.45, 2.75) is 12.8 Å². The van der Waals surface area contributed by atoms with Gasteiger partial charge in [0, 0.05) is 10.9 Å². The molecule has 0 saturated carbocycles. The number of carbonyl (C=O) groups is 3. The lowest BCUT2D eigenvalue weighted by molar-refractivity contribution is -0.141. The smallest absolute Gasteiger partial charge is 0.340 e. The minimum atomic E-state index is -0.561. The van der Waals surface area contributed by atoms with E-state index in [4.69, 9.17) is 0 Å². The van der Waals surface area contributed by atoms with Gasteiger partial charge < -0.3 is 14.8 Å². The van der Waals surface area contributed by atoms with Gasteiger partial charge in [-0.15, -0.1) is 0 Å². The number of carbonyl (C=O) groups excluding carboxylic acids is 3. The quantitative estimate of drug-likeness (QED) is 0.828. The lowest BCUT2D eigenvalue weighted by atomic mass is 10.1. The van der Waals surface area contributed by atoms with Crippen molar-refractivity contribution >= 4 is 39.5 Å². The van der Waals surface area contributed by atoms with Gasteiger partial charge in [-0.05, 0) is 18.2 Å². The van der Waals surface area contributed by atoms with Crippen LogP contribution in [0.4, 0.5) is 5.69 Å². The van der Waals surface area contributed by atoms with E-state index in [1.165, 1.54) is 14.2 Å². The van der Waals surface area contributed by atoms with E-state index in [0.717, 1.165) is 0 Å². The number of anilines is 1. The van der Waals surface area contributed by atoms with Crippen molar-refractivity contribution in [3.63, 3.8) is 0 Å². The third kappa shape index (κ3) is 4.65. The summed E-state index contributed by atoms with van der Waals surface area (Å²) in [5, 5.41) is 2.56. The molecule has 1 N–H and O–H groups in total. The van der Waals surface area contributed by atoms with E-state index in [9.17, 15) is 14.4 Å². The first-order chi connectivity index (χ1) is 9.47. The van der Waals surface area contributed by atoms with Gasteiger partial charge in [0.1, 0.15) is 0 Å². The van der Waals surface area contributed by atoms with Crippen molar-refractivity contribution in [3.8, 4) is 0 Å². The number of nitrogens with one attached hydrogen (secondary N) is 1. The molecule has 0 atom stereocenters. The van der Waals surface area contributed by atoms with Crippen molar-refractivity contribution in [1.29, 1.82) is 0 Å². The summed E-state index contributed by atoms with van der Waals surface area (Å²) in [6, 6.07) is 4.80. The maximum atomic E-state index is 11.7. The van der Waals surface area contributed by atoms with Gasteiger partial charge in [-0.1, -0.05) is 15.9 Å². The number of benzene rings is 1. The van der Waals surface area contributed by atoms with E-state index in [1.54, 1.807) is 18.2 Å². The molecule has 0 heterocycles. The molecule has 0 fully saturated rings. The highest BCUT2D eigenvalue weighted by Crippen LogP contribution is 2.22. The molecule has 0 unspecified atom stereocenters. The third-order valence-electron chi connectivity index (χ3n) is 2.44. The second-order valence-electron chi connectivity index (χ2n) is 3.81. The average molecular weight is 344 g/mol. The van der Waals surface area contributed by atoms with E-state index in [0.29, 0.717) is 10.2 Å². The number of hydrogen-bond donors (Lipinski definition) is 1. The van der Waals surface area contributed by atoms with Crippen LogP contribution in [0.3, 0.4) is 0 Å². The second-order valence-corrected chi connectivity index (χ2v) is 4.72. The summed E-state index contributed by atoms with van der Waals surface area (Å²) >= 11 is 3.24. The van der Waals surface area contributed by atoms with Crippen molar-refractivity contribution in [2.24, 2.45) is 0 Å². The fourth-order valence-electron chi connectivity index (χ4n) is 1.43. The van der Waals surface area contributed by atoms with Crippen LogP contribution in [-0.4, -0.2) is 32.1 Å². The Labute approximate surface area is 124 Å². The van der Waals surface area contributed by atoms with Crippen LogP contribution < -0.4 is 5.32 Å². The van der Waals surface area contributed by atoms with Crippen LogP contribution in [0.15, 0.2) is 22.7 Å². The predicted molar refractivity (Wildman–Crippen MR) is 75.4 cm³/mol. The third-order valence-corrected chi connectivity index (χ3v) is 2.94. The first-order valence-corrected chi connectivity index (χ1v) is 6.51. The molecule has 0 aliphatic rings.